The van der Waals surface area contributed by atoms with Gasteiger partial charge in [0.2, 0.25) is 0 Å². The van der Waals surface area contributed by atoms with E-state index in [1.807, 2.05) is 52.7 Å². The minimum Gasteiger partial charge on any atom is -0.493 e. The molecule has 0 fully saturated rings. The molecule has 1 amide bonds. The molecule has 3 aromatic carbocycles. The van der Waals surface area contributed by atoms with Gasteiger partial charge in [-0.15, -0.1) is 11.3 Å². The molecule has 0 atom stereocenters. The standard InChI is InChI=1S/C35H43N3O4S/c1-5-19-38(20-6-2)35(39)31-26-43-34(36-31)24-37(21-18-27-14-17-32(40-3)33(22-27)41-4)23-28-12-15-30(16-13-28)42-25-29-10-8-7-9-11-29/h7-17,22,26H,5-6,18-21,23-25H2,1-4H3. The lowest BCUT2D eigenvalue weighted by atomic mass is 10.1. The quantitative estimate of drug-likeness (QED) is 0.127. The van der Waals surface area contributed by atoms with Crippen LogP contribution in [0.15, 0.2) is 78.2 Å². The number of benzene rings is 3. The highest BCUT2D eigenvalue weighted by Gasteiger charge is 2.19. The van der Waals surface area contributed by atoms with Crippen LogP contribution in [0.2, 0.25) is 0 Å². The molecule has 0 bridgehead atoms. The van der Waals surface area contributed by atoms with Crippen LogP contribution in [0.25, 0.3) is 0 Å². The Labute approximate surface area is 260 Å². The van der Waals surface area contributed by atoms with Crippen LogP contribution in [0.1, 0.15) is 58.9 Å². The zero-order valence-electron chi connectivity index (χ0n) is 25.8. The van der Waals surface area contributed by atoms with Gasteiger partial charge in [0.25, 0.3) is 5.91 Å². The van der Waals surface area contributed by atoms with Crippen LogP contribution >= 0.6 is 11.3 Å². The minimum absolute atomic E-state index is 0.0224. The van der Waals surface area contributed by atoms with Gasteiger partial charge < -0.3 is 19.1 Å². The van der Waals surface area contributed by atoms with Crippen LogP contribution in [-0.4, -0.2) is 54.5 Å². The van der Waals surface area contributed by atoms with Crippen LogP contribution < -0.4 is 14.2 Å². The first kappa shape index (κ1) is 32.0. The second-order valence-electron chi connectivity index (χ2n) is 10.5. The average molecular weight is 602 g/mol. The average Bonchev–Trinajstić information content (AvgIpc) is 3.51. The van der Waals surface area contributed by atoms with Gasteiger partial charge in [-0.05, 0) is 60.2 Å². The third-order valence-electron chi connectivity index (χ3n) is 7.15. The van der Waals surface area contributed by atoms with Gasteiger partial charge in [0.15, 0.2) is 11.5 Å². The molecule has 0 saturated carbocycles. The van der Waals surface area contributed by atoms with E-state index in [-0.39, 0.29) is 5.91 Å². The number of hydrogen-bond acceptors (Lipinski definition) is 7. The number of thiazole rings is 1. The first-order valence-corrected chi connectivity index (χ1v) is 15.8. The molecule has 8 heteroatoms. The summed E-state index contributed by atoms with van der Waals surface area (Å²) in [6, 6.07) is 24.5. The molecule has 228 valence electrons. The highest BCUT2D eigenvalue weighted by Crippen LogP contribution is 2.28. The van der Waals surface area contributed by atoms with Crippen LogP contribution in [-0.2, 0) is 26.1 Å². The molecule has 0 spiro atoms. The third kappa shape index (κ3) is 9.56. The Morgan fingerprint density at radius 3 is 2.16 bits per heavy atom. The molecule has 0 unspecified atom stereocenters. The molecule has 0 aliphatic rings. The van der Waals surface area contributed by atoms with Crippen molar-refractivity contribution in [2.45, 2.75) is 52.8 Å². The number of aromatic nitrogens is 1. The van der Waals surface area contributed by atoms with Crippen molar-refractivity contribution in [3.05, 3.63) is 106 Å². The van der Waals surface area contributed by atoms with Gasteiger partial charge in [0.1, 0.15) is 23.1 Å². The van der Waals surface area contributed by atoms with Crippen LogP contribution in [0, 0.1) is 0 Å². The fourth-order valence-electron chi connectivity index (χ4n) is 4.92. The first-order chi connectivity index (χ1) is 21.0. The Morgan fingerprint density at radius 1 is 0.791 bits per heavy atom. The van der Waals surface area contributed by atoms with Crippen molar-refractivity contribution in [1.29, 1.82) is 0 Å². The number of carbonyl (C=O) groups excluding carboxylic acids is 1. The number of ether oxygens (including phenoxy) is 3. The van der Waals surface area contributed by atoms with Crippen LogP contribution in [0.4, 0.5) is 0 Å². The first-order valence-electron chi connectivity index (χ1n) is 15.0. The maximum Gasteiger partial charge on any atom is 0.273 e. The summed E-state index contributed by atoms with van der Waals surface area (Å²) in [6.45, 7) is 8.44. The lowest BCUT2D eigenvalue weighted by Gasteiger charge is -2.22. The van der Waals surface area contributed by atoms with Crippen molar-refractivity contribution in [3.8, 4) is 17.2 Å². The summed E-state index contributed by atoms with van der Waals surface area (Å²) in [7, 11) is 3.30. The van der Waals surface area contributed by atoms with Gasteiger partial charge in [0.05, 0.1) is 20.8 Å². The van der Waals surface area contributed by atoms with E-state index in [1.165, 1.54) is 5.56 Å². The molecule has 4 aromatic rings. The second-order valence-corrected chi connectivity index (χ2v) is 11.4. The number of nitrogens with zero attached hydrogens (tertiary/aromatic N) is 3. The summed E-state index contributed by atoms with van der Waals surface area (Å²) in [5.74, 6) is 2.31. The molecular formula is C35H43N3O4S. The monoisotopic (exact) mass is 601 g/mol. The van der Waals surface area contributed by atoms with Gasteiger partial charge >= 0.3 is 0 Å². The van der Waals surface area contributed by atoms with Crippen molar-refractivity contribution < 1.29 is 19.0 Å². The Kier molecular flexibility index (Phi) is 12.4. The summed E-state index contributed by atoms with van der Waals surface area (Å²) < 4.78 is 16.9. The highest BCUT2D eigenvalue weighted by molar-refractivity contribution is 7.09. The molecule has 7 nitrogen and oxygen atoms in total. The van der Waals surface area contributed by atoms with E-state index in [1.54, 1.807) is 25.6 Å². The summed E-state index contributed by atoms with van der Waals surface area (Å²) >= 11 is 1.55. The van der Waals surface area contributed by atoms with E-state index in [4.69, 9.17) is 19.2 Å². The van der Waals surface area contributed by atoms with E-state index in [0.717, 1.165) is 78.8 Å². The number of methoxy groups -OCH3 is 2. The zero-order chi connectivity index (χ0) is 30.4. The van der Waals surface area contributed by atoms with Crippen LogP contribution in [0.3, 0.4) is 0 Å². The molecule has 43 heavy (non-hydrogen) atoms. The molecule has 0 aliphatic heterocycles. The fourth-order valence-corrected chi connectivity index (χ4v) is 5.73. The third-order valence-corrected chi connectivity index (χ3v) is 7.98. The Morgan fingerprint density at radius 2 is 1.49 bits per heavy atom. The normalized spacial score (nSPS) is 11.0. The van der Waals surface area contributed by atoms with Gasteiger partial charge in [-0.1, -0.05) is 62.4 Å². The number of amides is 1. The molecular weight excluding hydrogens is 558 g/mol. The summed E-state index contributed by atoms with van der Waals surface area (Å²) in [5.41, 5.74) is 4.03. The molecule has 0 saturated heterocycles. The van der Waals surface area contributed by atoms with Crippen LogP contribution in [0.5, 0.6) is 17.2 Å². The number of carbonyl (C=O) groups is 1. The summed E-state index contributed by atoms with van der Waals surface area (Å²) in [6.07, 6.45) is 2.70. The maximum absolute atomic E-state index is 13.1. The number of rotatable bonds is 17. The molecule has 0 N–H and O–H groups in total. The molecule has 1 heterocycles. The summed E-state index contributed by atoms with van der Waals surface area (Å²) in [4.78, 5) is 22.2. The van der Waals surface area contributed by atoms with Gasteiger partial charge in [0, 0.05) is 31.6 Å². The van der Waals surface area contributed by atoms with E-state index in [0.29, 0.717) is 18.8 Å². The lowest BCUT2D eigenvalue weighted by molar-refractivity contribution is 0.0750. The predicted molar refractivity (Wildman–Crippen MR) is 173 cm³/mol. The van der Waals surface area contributed by atoms with Crippen molar-refractivity contribution in [2.75, 3.05) is 33.9 Å². The lowest BCUT2D eigenvalue weighted by Crippen LogP contribution is -2.32. The van der Waals surface area contributed by atoms with E-state index < -0.39 is 0 Å². The highest BCUT2D eigenvalue weighted by atomic mass is 32.1. The Bertz CT molecular complexity index is 1400. The van der Waals surface area contributed by atoms with Gasteiger partial charge in [-0.25, -0.2) is 4.98 Å². The van der Waals surface area contributed by atoms with Crippen molar-refractivity contribution in [3.63, 3.8) is 0 Å². The van der Waals surface area contributed by atoms with E-state index in [9.17, 15) is 4.79 Å². The van der Waals surface area contributed by atoms with Crippen molar-refractivity contribution in [2.24, 2.45) is 0 Å². The topological polar surface area (TPSA) is 64.1 Å². The number of hydrogen-bond donors (Lipinski definition) is 0. The molecule has 1 aromatic heterocycles. The zero-order valence-corrected chi connectivity index (χ0v) is 26.6. The van der Waals surface area contributed by atoms with Crippen molar-refractivity contribution >= 4 is 17.2 Å². The minimum atomic E-state index is 0.0224. The largest absolute Gasteiger partial charge is 0.493 e. The summed E-state index contributed by atoms with van der Waals surface area (Å²) in [5, 5.41) is 2.84. The fraction of sp³-hybridized carbons (Fsp3) is 0.371. The van der Waals surface area contributed by atoms with Crippen molar-refractivity contribution in [1.82, 2.24) is 14.8 Å². The van der Waals surface area contributed by atoms with E-state index >= 15 is 0 Å². The predicted octanol–water partition coefficient (Wildman–Crippen LogP) is 7.25. The Hall–Kier alpha value is -3.88. The maximum atomic E-state index is 13.1. The smallest absolute Gasteiger partial charge is 0.273 e. The Balaban J connectivity index is 1.46. The van der Waals surface area contributed by atoms with Gasteiger partial charge in [-0.2, -0.15) is 0 Å². The second kappa shape index (κ2) is 16.7. The molecule has 4 rings (SSSR count). The molecule has 0 aliphatic carbocycles. The molecule has 0 radical (unpaired) electrons. The SMILES string of the molecule is CCCN(CCC)C(=O)c1csc(CN(CCc2ccc(OC)c(OC)c2)Cc2ccc(OCc3ccccc3)cc2)n1. The van der Waals surface area contributed by atoms with E-state index in [2.05, 4.69) is 49.1 Å². The van der Waals surface area contributed by atoms with Gasteiger partial charge in [-0.3, -0.25) is 9.69 Å².